The van der Waals surface area contributed by atoms with Gasteiger partial charge in [0.1, 0.15) is 12.4 Å². The average molecular weight is 379 g/mol. The summed E-state index contributed by atoms with van der Waals surface area (Å²) in [6.07, 6.45) is 2.80. The Bertz CT molecular complexity index is 962. The van der Waals surface area contributed by atoms with Gasteiger partial charge >= 0.3 is 12.1 Å². The highest BCUT2D eigenvalue weighted by molar-refractivity contribution is 5.92. The number of benzene rings is 1. The minimum atomic E-state index is -0.523. The van der Waals surface area contributed by atoms with Crippen LogP contribution in [0, 0.1) is 0 Å². The van der Waals surface area contributed by atoms with Gasteiger partial charge in [0.15, 0.2) is 0 Å². The summed E-state index contributed by atoms with van der Waals surface area (Å²) in [6, 6.07) is 12.6. The van der Waals surface area contributed by atoms with Crippen molar-refractivity contribution in [3.05, 3.63) is 66.1 Å². The van der Waals surface area contributed by atoms with Crippen LogP contribution in [-0.2, 0) is 17.9 Å². The summed E-state index contributed by atoms with van der Waals surface area (Å²) in [4.78, 5) is 31.9. The molecule has 2 heterocycles. The second-order valence-electron chi connectivity index (χ2n) is 5.94. The fourth-order valence-corrected chi connectivity index (χ4v) is 2.62. The number of aromatic nitrogens is 2. The number of amides is 3. The molecule has 144 valence electrons. The van der Waals surface area contributed by atoms with Crippen LogP contribution in [0.3, 0.4) is 0 Å². The van der Waals surface area contributed by atoms with E-state index in [1.165, 1.54) is 0 Å². The van der Waals surface area contributed by atoms with Crippen molar-refractivity contribution in [1.82, 2.24) is 20.6 Å². The van der Waals surface area contributed by atoms with E-state index in [0.29, 0.717) is 24.6 Å². The molecule has 0 radical (unpaired) electrons. The number of hydrogen-bond acceptors (Lipinski definition) is 5. The monoisotopic (exact) mass is 379 g/mol. The van der Waals surface area contributed by atoms with Crippen molar-refractivity contribution < 1.29 is 14.3 Å². The number of hydrogen-bond donors (Lipinski definition) is 3. The Labute approximate surface area is 162 Å². The van der Waals surface area contributed by atoms with Crippen molar-refractivity contribution in [2.75, 3.05) is 11.9 Å². The fourth-order valence-electron chi connectivity index (χ4n) is 2.62. The van der Waals surface area contributed by atoms with Crippen LogP contribution in [0.4, 0.5) is 15.4 Å². The van der Waals surface area contributed by atoms with Crippen LogP contribution in [0.1, 0.15) is 18.2 Å². The van der Waals surface area contributed by atoms with E-state index in [1.807, 2.05) is 31.2 Å². The summed E-state index contributed by atoms with van der Waals surface area (Å²) in [7, 11) is 0. The highest BCUT2D eigenvalue weighted by atomic mass is 16.5. The lowest BCUT2D eigenvalue weighted by Crippen LogP contribution is -2.28. The summed E-state index contributed by atoms with van der Waals surface area (Å²) < 4.78 is 5.17. The van der Waals surface area contributed by atoms with E-state index >= 15 is 0 Å². The zero-order valence-electron chi connectivity index (χ0n) is 15.4. The molecule has 0 fully saturated rings. The molecule has 3 N–H and O–H groups in total. The molecule has 0 saturated heterocycles. The molecule has 1 aromatic carbocycles. The van der Waals surface area contributed by atoms with Crippen LogP contribution in [0.2, 0.25) is 0 Å². The maximum atomic E-state index is 11.9. The maximum absolute atomic E-state index is 11.9. The molecule has 0 spiro atoms. The first-order chi connectivity index (χ1) is 13.7. The van der Waals surface area contributed by atoms with E-state index in [1.54, 1.807) is 30.6 Å². The molecule has 0 unspecified atom stereocenters. The number of pyridine rings is 2. The second kappa shape index (κ2) is 9.31. The molecule has 0 atom stereocenters. The number of urea groups is 1. The third-order valence-electron chi connectivity index (χ3n) is 3.93. The van der Waals surface area contributed by atoms with Crippen LogP contribution in [0.5, 0.6) is 0 Å². The molecule has 8 nitrogen and oxygen atoms in total. The molecule has 3 amide bonds. The third-order valence-corrected chi connectivity index (χ3v) is 3.93. The van der Waals surface area contributed by atoms with Gasteiger partial charge in [-0.1, -0.05) is 24.3 Å². The standard InChI is InChI=1S/C20H21N5O3/c1-2-21-19(26)25-18-10-14-6-5-7-15(17(14)12-23-18)11-24-20(27)28-13-16-8-3-4-9-22-16/h3-10,12H,2,11,13H2,1H3,(H,24,27)(H2,21,23,25,26). The molecule has 0 aliphatic carbocycles. The van der Waals surface area contributed by atoms with E-state index in [9.17, 15) is 9.59 Å². The molecule has 0 aliphatic heterocycles. The highest BCUT2D eigenvalue weighted by Gasteiger charge is 2.08. The molecule has 8 heteroatoms. The highest BCUT2D eigenvalue weighted by Crippen LogP contribution is 2.20. The van der Waals surface area contributed by atoms with Gasteiger partial charge in [-0.2, -0.15) is 0 Å². The molecule has 2 aromatic heterocycles. The molecule has 0 saturated carbocycles. The number of fused-ring (bicyclic) bond motifs is 1. The first-order valence-electron chi connectivity index (χ1n) is 8.88. The van der Waals surface area contributed by atoms with Gasteiger partial charge in [0.25, 0.3) is 0 Å². The predicted molar refractivity (Wildman–Crippen MR) is 106 cm³/mol. The van der Waals surface area contributed by atoms with Gasteiger partial charge in [-0.3, -0.25) is 10.3 Å². The Morgan fingerprint density at radius 2 is 1.96 bits per heavy atom. The molecule has 0 bridgehead atoms. The fraction of sp³-hybridized carbons (Fsp3) is 0.200. The van der Waals surface area contributed by atoms with Gasteiger partial charge in [-0.15, -0.1) is 0 Å². The molecule has 3 rings (SSSR count). The molecule has 0 aliphatic rings. The Morgan fingerprint density at radius 3 is 2.75 bits per heavy atom. The van der Waals surface area contributed by atoms with E-state index < -0.39 is 6.09 Å². The minimum Gasteiger partial charge on any atom is -0.443 e. The zero-order chi connectivity index (χ0) is 19.8. The summed E-state index contributed by atoms with van der Waals surface area (Å²) in [6.45, 7) is 2.78. The average Bonchev–Trinajstić information content (AvgIpc) is 2.71. The lowest BCUT2D eigenvalue weighted by Gasteiger charge is -2.10. The number of carbonyl (C=O) groups excluding carboxylic acids is 2. The Hall–Kier alpha value is -3.68. The smallest absolute Gasteiger partial charge is 0.407 e. The summed E-state index contributed by atoms with van der Waals surface area (Å²) in [5.74, 6) is 0.457. The number of anilines is 1. The van der Waals surface area contributed by atoms with Crippen molar-refractivity contribution in [3.8, 4) is 0 Å². The van der Waals surface area contributed by atoms with Crippen molar-refractivity contribution in [3.63, 3.8) is 0 Å². The van der Waals surface area contributed by atoms with Crippen LogP contribution in [0.15, 0.2) is 54.9 Å². The Balaban J connectivity index is 1.61. The predicted octanol–water partition coefficient (Wildman–Crippen LogP) is 3.20. The van der Waals surface area contributed by atoms with Gasteiger partial charge in [-0.25, -0.2) is 14.6 Å². The third kappa shape index (κ3) is 5.16. The number of alkyl carbamates (subject to hydrolysis) is 1. The normalized spacial score (nSPS) is 10.3. The Kier molecular flexibility index (Phi) is 6.35. The number of carbonyl (C=O) groups is 2. The number of ether oxygens (including phenoxy) is 1. The van der Waals surface area contributed by atoms with Gasteiger partial charge in [0.05, 0.1) is 5.69 Å². The number of rotatable bonds is 6. The topological polar surface area (TPSA) is 105 Å². The van der Waals surface area contributed by atoms with E-state index in [0.717, 1.165) is 16.3 Å². The molecular formula is C20H21N5O3. The second-order valence-corrected chi connectivity index (χ2v) is 5.94. The molecule has 3 aromatic rings. The van der Waals surface area contributed by atoms with Gasteiger partial charge in [-0.05, 0) is 36.1 Å². The summed E-state index contributed by atoms with van der Waals surface area (Å²) in [5.41, 5.74) is 1.57. The Morgan fingerprint density at radius 1 is 1.07 bits per heavy atom. The van der Waals surface area contributed by atoms with Crippen LogP contribution in [-0.4, -0.2) is 28.6 Å². The maximum Gasteiger partial charge on any atom is 0.407 e. The lowest BCUT2D eigenvalue weighted by atomic mass is 10.1. The van der Waals surface area contributed by atoms with Crippen molar-refractivity contribution in [2.45, 2.75) is 20.1 Å². The largest absolute Gasteiger partial charge is 0.443 e. The van der Waals surface area contributed by atoms with Crippen LogP contribution >= 0.6 is 0 Å². The first kappa shape index (κ1) is 19.1. The van der Waals surface area contributed by atoms with Gasteiger partial charge < -0.3 is 15.4 Å². The van der Waals surface area contributed by atoms with E-state index in [2.05, 4.69) is 25.9 Å². The van der Waals surface area contributed by atoms with Gasteiger partial charge in [0, 0.05) is 30.9 Å². The summed E-state index contributed by atoms with van der Waals surface area (Å²) in [5, 5.41) is 9.85. The molecular weight excluding hydrogens is 358 g/mol. The van der Waals surface area contributed by atoms with E-state index in [-0.39, 0.29) is 12.6 Å². The summed E-state index contributed by atoms with van der Waals surface area (Å²) >= 11 is 0. The quantitative estimate of drug-likeness (QED) is 0.610. The number of nitrogens with one attached hydrogen (secondary N) is 3. The first-order valence-corrected chi connectivity index (χ1v) is 8.88. The van der Waals surface area contributed by atoms with Crippen LogP contribution < -0.4 is 16.0 Å². The van der Waals surface area contributed by atoms with Crippen molar-refractivity contribution in [2.24, 2.45) is 0 Å². The lowest BCUT2D eigenvalue weighted by molar-refractivity contribution is 0.138. The zero-order valence-corrected chi connectivity index (χ0v) is 15.4. The van der Waals surface area contributed by atoms with Crippen molar-refractivity contribution in [1.29, 1.82) is 0 Å². The van der Waals surface area contributed by atoms with Crippen LogP contribution in [0.25, 0.3) is 10.8 Å². The van der Waals surface area contributed by atoms with E-state index in [4.69, 9.17) is 4.74 Å². The molecule has 28 heavy (non-hydrogen) atoms. The minimum absolute atomic E-state index is 0.110. The number of nitrogens with zero attached hydrogens (tertiary/aromatic N) is 2. The SMILES string of the molecule is CCNC(=O)Nc1cc2cccc(CNC(=O)OCc3ccccn3)c2cn1. The van der Waals surface area contributed by atoms with Gasteiger partial charge in [0.2, 0.25) is 0 Å². The van der Waals surface area contributed by atoms with Crippen molar-refractivity contribution >= 4 is 28.7 Å².